The summed E-state index contributed by atoms with van der Waals surface area (Å²) >= 11 is 0. The molecule has 0 saturated heterocycles. The van der Waals surface area contributed by atoms with E-state index in [2.05, 4.69) is 0 Å². The minimum absolute atomic E-state index is 0.114. The van der Waals surface area contributed by atoms with Crippen molar-refractivity contribution >= 4 is 15.9 Å². The molecular weight excluding hydrogens is 321 g/mol. The Kier molecular flexibility index (Phi) is 5.58. The third-order valence-corrected chi connectivity index (χ3v) is 4.58. The van der Waals surface area contributed by atoms with E-state index >= 15 is 0 Å². The van der Waals surface area contributed by atoms with Gasteiger partial charge in [-0.2, -0.15) is 17.5 Å². The van der Waals surface area contributed by atoms with Crippen molar-refractivity contribution in [1.29, 1.82) is 0 Å². The van der Waals surface area contributed by atoms with Gasteiger partial charge in [-0.05, 0) is 18.1 Å². The van der Waals surface area contributed by atoms with Crippen LogP contribution in [0.25, 0.3) is 0 Å². The third kappa shape index (κ3) is 4.44. The molecule has 1 aromatic carbocycles. The van der Waals surface area contributed by atoms with E-state index in [1.807, 2.05) is 0 Å². The van der Waals surface area contributed by atoms with Crippen molar-refractivity contribution in [3.63, 3.8) is 0 Å². The molecule has 0 atom stereocenters. The summed E-state index contributed by atoms with van der Waals surface area (Å²) in [5.74, 6) is -1.12. The maximum absolute atomic E-state index is 13.0. The Hall–Kier alpha value is -1.61. The van der Waals surface area contributed by atoms with Gasteiger partial charge in [0, 0.05) is 6.54 Å². The monoisotopic (exact) mass is 338 g/mol. The first-order valence-electron chi connectivity index (χ1n) is 6.41. The molecule has 0 aliphatic rings. The van der Waals surface area contributed by atoms with Crippen molar-refractivity contribution in [3.8, 4) is 0 Å². The number of alkyl halides is 3. The molecular formula is C13H17F3N2O3S. The molecule has 124 valence electrons. The van der Waals surface area contributed by atoms with Gasteiger partial charge in [-0.3, -0.25) is 4.79 Å². The largest absolute Gasteiger partial charge is 0.417 e. The Labute approximate surface area is 127 Å². The Morgan fingerprint density at radius 3 is 2.27 bits per heavy atom. The van der Waals surface area contributed by atoms with Crippen molar-refractivity contribution < 1.29 is 26.4 Å². The van der Waals surface area contributed by atoms with Crippen LogP contribution in [0.1, 0.15) is 19.4 Å². The number of hydrogen-bond acceptors (Lipinski definition) is 3. The predicted octanol–water partition coefficient (Wildman–Crippen LogP) is 1.84. The molecule has 22 heavy (non-hydrogen) atoms. The normalized spacial score (nSPS) is 12.9. The van der Waals surface area contributed by atoms with E-state index < -0.39 is 39.1 Å². The van der Waals surface area contributed by atoms with Crippen molar-refractivity contribution in [2.75, 3.05) is 13.1 Å². The molecule has 0 fully saturated rings. The van der Waals surface area contributed by atoms with Gasteiger partial charge in [0.1, 0.15) is 0 Å². The summed E-state index contributed by atoms with van der Waals surface area (Å²) in [6.07, 6.45) is -4.82. The standard InChI is InChI=1S/C13H17F3N2O3S/c1-9(2)7-18(8-12(17)19)22(20,21)11-6-4-3-5-10(11)13(14,15)16/h3-6,9H,7-8H2,1-2H3,(H2,17,19). The summed E-state index contributed by atoms with van der Waals surface area (Å²) in [4.78, 5) is 10.2. The number of halogens is 3. The van der Waals surface area contributed by atoms with Gasteiger partial charge in [0.05, 0.1) is 17.0 Å². The van der Waals surface area contributed by atoms with Gasteiger partial charge in [-0.25, -0.2) is 8.42 Å². The fraction of sp³-hybridized carbons (Fsp3) is 0.462. The Balaban J connectivity index is 3.40. The van der Waals surface area contributed by atoms with Gasteiger partial charge in [-0.15, -0.1) is 0 Å². The van der Waals surface area contributed by atoms with Crippen LogP contribution in [-0.4, -0.2) is 31.7 Å². The molecule has 1 rings (SSSR count). The first-order chi connectivity index (χ1) is 9.96. The van der Waals surface area contributed by atoms with E-state index in [9.17, 15) is 26.4 Å². The van der Waals surface area contributed by atoms with Gasteiger partial charge in [-0.1, -0.05) is 26.0 Å². The van der Waals surface area contributed by atoms with Gasteiger partial charge >= 0.3 is 6.18 Å². The van der Waals surface area contributed by atoms with Crippen molar-refractivity contribution in [2.24, 2.45) is 11.7 Å². The van der Waals surface area contributed by atoms with E-state index in [0.29, 0.717) is 10.4 Å². The average Bonchev–Trinajstić information content (AvgIpc) is 2.36. The van der Waals surface area contributed by atoms with E-state index in [1.165, 1.54) is 6.07 Å². The smallest absolute Gasteiger partial charge is 0.369 e. The lowest BCUT2D eigenvalue weighted by atomic mass is 10.2. The zero-order chi connectivity index (χ0) is 17.1. The van der Waals surface area contributed by atoms with Gasteiger partial charge in [0.25, 0.3) is 0 Å². The minimum atomic E-state index is -4.82. The number of carbonyl (C=O) groups excluding carboxylic acids is 1. The predicted molar refractivity (Wildman–Crippen MR) is 74.2 cm³/mol. The maximum Gasteiger partial charge on any atom is 0.417 e. The number of rotatable bonds is 6. The SMILES string of the molecule is CC(C)CN(CC(N)=O)S(=O)(=O)c1ccccc1C(F)(F)F. The van der Waals surface area contributed by atoms with Crippen LogP contribution in [-0.2, 0) is 21.0 Å². The van der Waals surface area contributed by atoms with E-state index in [4.69, 9.17) is 5.73 Å². The summed E-state index contributed by atoms with van der Waals surface area (Å²) in [5, 5.41) is 0. The molecule has 9 heteroatoms. The van der Waals surface area contributed by atoms with Crippen LogP contribution < -0.4 is 5.73 Å². The molecule has 0 bridgehead atoms. The van der Waals surface area contributed by atoms with Gasteiger partial charge in [0.2, 0.25) is 15.9 Å². The highest BCUT2D eigenvalue weighted by atomic mass is 32.2. The number of nitrogens with zero attached hydrogens (tertiary/aromatic N) is 1. The lowest BCUT2D eigenvalue weighted by Crippen LogP contribution is -2.41. The van der Waals surface area contributed by atoms with Gasteiger partial charge in [0.15, 0.2) is 0 Å². The second-order valence-corrected chi connectivity index (χ2v) is 7.06. The summed E-state index contributed by atoms with van der Waals surface area (Å²) in [6, 6.07) is 3.85. The number of benzene rings is 1. The molecule has 0 saturated carbocycles. The highest BCUT2D eigenvalue weighted by molar-refractivity contribution is 7.89. The molecule has 0 aliphatic heterocycles. The maximum atomic E-state index is 13.0. The van der Waals surface area contributed by atoms with Crippen LogP contribution >= 0.6 is 0 Å². The molecule has 1 amide bonds. The molecule has 0 spiro atoms. The molecule has 0 aliphatic carbocycles. The average molecular weight is 338 g/mol. The first kappa shape index (κ1) is 18.4. The van der Waals surface area contributed by atoms with Crippen molar-refractivity contribution in [2.45, 2.75) is 24.9 Å². The lowest BCUT2D eigenvalue weighted by Gasteiger charge is -2.24. The summed E-state index contributed by atoms with van der Waals surface area (Å²) in [7, 11) is -4.49. The van der Waals surface area contributed by atoms with Crippen LogP contribution in [0.15, 0.2) is 29.2 Å². The van der Waals surface area contributed by atoms with E-state index in [0.717, 1.165) is 12.1 Å². The Bertz CT molecular complexity index is 642. The summed E-state index contributed by atoms with van der Waals surface area (Å²) < 4.78 is 64.6. The minimum Gasteiger partial charge on any atom is -0.369 e. The van der Waals surface area contributed by atoms with E-state index in [-0.39, 0.29) is 12.5 Å². The van der Waals surface area contributed by atoms with E-state index in [1.54, 1.807) is 13.8 Å². The summed E-state index contributed by atoms with van der Waals surface area (Å²) in [6.45, 7) is 2.57. The number of carbonyl (C=O) groups is 1. The number of primary amides is 1. The number of amides is 1. The fourth-order valence-corrected chi connectivity index (χ4v) is 3.68. The molecule has 0 aromatic heterocycles. The highest BCUT2D eigenvalue weighted by Crippen LogP contribution is 2.35. The van der Waals surface area contributed by atoms with Crippen LogP contribution in [0, 0.1) is 5.92 Å². The number of sulfonamides is 1. The molecule has 0 heterocycles. The van der Waals surface area contributed by atoms with Crippen LogP contribution in [0.5, 0.6) is 0 Å². The van der Waals surface area contributed by atoms with Crippen molar-refractivity contribution in [3.05, 3.63) is 29.8 Å². The third-order valence-electron chi connectivity index (χ3n) is 2.71. The zero-order valence-electron chi connectivity index (χ0n) is 12.1. The number of nitrogens with two attached hydrogens (primary N) is 1. The van der Waals surface area contributed by atoms with Crippen molar-refractivity contribution in [1.82, 2.24) is 4.31 Å². The number of hydrogen-bond donors (Lipinski definition) is 1. The first-order valence-corrected chi connectivity index (χ1v) is 7.85. The molecule has 1 aromatic rings. The highest BCUT2D eigenvalue weighted by Gasteiger charge is 2.39. The molecule has 0 radical (unpaired) electrons. The fourth-order valence-electron chi connectivity index (χ4n) is 1.89. The van der Waals surface area contributed by atoms with Crippen LogP contribution in [0.2, 0.25) is 0 Å². The second-order valence-electron chi connectivity index (χ2n) is 5.15. The quantitative estimate of drug-likeness (QED) is 0.859. The Morgan fingerprint density at radius 2 is 1.82 bits per heavy atom. The summed E-state index contributed by atoms with van der Waals surface area (Å²) in [5.41, 5.74) is 3.73. The van der Waals surface area contributed by atoms with Crippen LogP contribution in [0.3, 0.4) is 0 Å². The Morgan fingerprint density at radius 1 is 1.27 bits per heavy atom. The van der Waals surface area contributed by atoms with Crippen LogP contribution in [0.4, 0.5) is 13.2 Å². The molecule has 5 nitrogen and oxygen atoms in total. The molecule has 2 N–H and O–H groups in total. The lowest BCUT2D eigenvalue weighted by molar-refractivity contribution is -0.139. The molecule has 0 unspecified atom stereocenters. The zero-order valence-corrected chi connectivity index (χ0v) is 12.9. The van der Waals surface area contributed by atoms with Gasteiger partial charge < -0.3 is 5.73 Å². The topological polar surface area (TPSA) is 80.5 Å². The second kappa shape index (κ2) is 6.66.